The summed E-state index contributed by atoms with van der Waals surface area (Å²) in [5, 5.41) is 9.77. The molecule has 1 aromatic carbocycles. The number of aromatic nitrogens is 1. The van der Waals surface area contributed by atoms with Crippen molar-refractivity contribution in [3.05, 3.63) is 36.0 Å². The first-order chi connectivity index (χ1) is 9.15. The van der Waals surface area contributed by atoms with Gasteiger partial charge in [-0.1, -0.05) is 0 Å². The first-order valence-corrected chi connectivity index (χ1v) is 6.16. The Morgan fingerprint density at radius 1 is 1.42 bits per heavy atom. The number of halogens is 1. The van der Waals surface area contributed by atoms with Crippen molar-refractivity contribution >= 4 is 22.6 Å². The lowest BCUT2D eigenvalue weighted by molar-refractivity contribution is 0.0699. The molecular formula is C14H13FN2O2. The lowest BCUT2D eigenvalue weighted by atomic mass is 10.1. The lowest BCUT2D eigenvalue weighted by Crippen LogP contribution is -2.19. The summed E-state index contributed by atoms with van der Waals surface area (Å²) in [5.74, 6) is -0.977. The van der Waals surface area contributed by atoms with E-state index >= 15 is 0 Å². The molecule has 1 N–H and O–H groups in total. The summed E-state index contributed by atoms with van der Waals surface area (Å²) < 4.78 is 13.2. The van der Waals surface area contributed by atoms with Crippen molar-refractivity contribution in [3.63, 3.8) is 0 Å². The van der Waals surface area contributed by atoms with Crippen LogP contribution in [0.2, 0.25) is 0 Å². The highest BCUT2D eigenvalue weighted by Gasteiger charge is 2.22. The third kappa shape index (κ3) is 2.12. The maximum atomic E-state index is 13.2. The highest BCUT2D eigenvalue weighted by molar-refractivity contribution is 6.03. The van der Waals surface area contributed by atoms with Crippen LogP contribution in [0.3, 0.4) is 0 Å². The molecule has 1 aliphatic heterocycles. The number of nitrogens with zero attached hydrogens (tertiary/aromatic N) is 2. The lowest BCUT2D eigenvalue weighted by Gasteiger charge is -2.18. The molecule has 1 aliphatic rings. The quantitative estimate of drug-likeness (QED) is 0.901. The molecule has 0 aliphatic carbocycles. The topological polar surface area (TPSA) is 53.4 Å². The second-order valence-electron chi connectivity index (χ2n) is 4.70. The molecule has 98 valence electrons. The predicted molar refractivity (Wildman–Crippen MR) is 70.4 cm³/mol. The number of anilines is 1. The number of alkyl halides is 1. The van der Waals surface area contributed by atoms with Gasteiger partial charge >= 0.3 is 5.97 Å². The molecule has 1 aromatic heterocycles. The van der Waals surface area contributed by atoms with Crippen molar-refractivity contribution in [2.45, 2.75) is 12.6 Å². The van der Waals surface area contributed by atoms with Crippen LogP contribution in [0.25, 0.3) is 10.9 Å². The summed E-state index contributed by atoms with van der Waals surface area (Å²) >= 11 is 0. The Labute approximate surface area is 109 Å². The molecule has 1 fully saturated rings. The molecule has 0 unspecified atom stereocenters. The fourth-order valence-electron chi connectivity index (χ4n) is 2.47. The first-order valence-electron chi connectivity index (χ1n) is 6.16. The van der Waals surface area contributed by atoms with Gasteiger partial charge in [0.15, 0.2) is 0 Å². The number of hydrogen-bond acceptors (Lipinski definition) is 3. The summed E-state index contributed by atoms with van der Waals surface area (Å²) in [7, 11) is 0. The Bertz CT molecular complexity index is 644. The van der Waals surface area contributed by atoms with E-state index in [2.05, 4.69) is 4.98 Å². The Kier molecular flexibility index (Phi) is 2.81. The molecule has 2 heterocycles. The molecule has 3 rings (SSSR count). The first kappa shape index (κ1) is 11.9. The van der Waals surface area contributed by atoms with E-state index in [1.54, 1.807) is 12.1 Å². The number of aromatic carboxylic acids is 1. The van der Waals surface area contributed by atoms with E-state index in [-0.39, 0.29) is 5.56 Å². The van der Waals surface area contributed by atoms with Gasteiger partial charge in [-0.15, -0.1) is 0 Å². The average molecular weight is 260 g/mol. The van der Waals surface area contributed by atoms with E-state index in [9.17, 15) is 14.3 Å². The number of carboxylic acid groups (broad SMARTS) is 1. The van der Waals surface area contributed by atoms with Gasteiger partial charge in [0.05, 0.1) is 11.1 Å². The second kappa shape index (κ2) is 4.50. The van der Waals surface area contributed by atoms with E-state index in [1.807, 2.05) is 11.0 Å². The highest BCUT2D eigenvalue weighted by atomic mass is 19.1. The molecule has 5 heteroatoms. The SMILES string of the molecule is O=C(O)c1ccnc2ccc(N3CC[C@@H](F)C3)cc12. The highest BCUT2D eigenvalue weighted by Crippen LogP contribution is 2.27. The zero-order valence-corrected chi connectivity index (χ0v) is 10.2. The second-order valence-corrected chi connectivity index (χ2v) is 4.70. The Morgan fingerprint density at radius 3 is 2.95 bits per heavy atom. The van der Waals surface area contributed by atoms with Crippen molar-refractivity contribution in [3.8, 4) is 0 Å². The molecule has 1 saturated heterocycles. The van der Waals surface area contributed by atoms with Crippen LogP contribution in [0.15, 0.2) is 30.5 Å². The third-order valence-corrected chi connectivity index (χ3v) is 3.45. The zero-order valence-electron chi connectivity index (χ0n) is 10.2. The van der Waals surface area contributed by atoms with E-state index in [4.69, 9.17) is 0 Å². The average Bonchev–Trinajstić information content (AvgIpc) is 2.84. The number of rotatable bonds is 2. The summed E-state index contributed by atoms with van der Waals surface area (Å²) in [4.78, 5) is 17.3. The number of pyridine rings is 1. The molecule has 0 bridgehead atoms. The Hall–Kier alpha value is -2.17. The fourth-order valence-corrected chi connectivity index (χ4v) is 2.47. The molecule has 1 atom stereocenters. The maximum Gasteiger partial charge on any atom is 0.336 e. The van der Waals surface area contributed by atoms with Crippen LogP contribution in [-0.4, -0.2) is 35.3 Å². The Morgan fingerprint density at radius 2 is 2.26 bits per heavy atom. The van der Waals surface area contributed by atoms with E-state index in [1.165, 1.54) is 12.3 Å². The monoisotopic (exact) mass is 260 g/mol. The summed E-state index contributed by atoms with van der Waals surface area (Å²) in [5.41, 5.74) is 1.71. The van der Waals surface area contributed by atoms with Crippen LogP contribution in [-0.2, 0) is 0 Å². The van der Waals surface area contributed by atoms with Gasteiger partial charge in [0, 0.05) is 30.4 Å². The number of carboxylic acids is 1. The van der Waals surface area contributed by atoms with Gasteiger partial charge in [0.25, 0.3) is 0 Å². The van der Waals surface area contributed by atoms with Crippen LogP contribution in [0, 0.1) is 0 Å². The summed E-state index contributed by atoms with van der Waals surface area (Å²) in [6, 6.07) is 6.90. The van der Waals surface area contributed by atoms with Gasteiger partial charge in [-0.25, -0.2) is 9.18 Å². The van der Waals surface area contributed by atoms with E-state index < -0.39 is 12.1 Å². The van der Waals surface area contributed by atoms with Crippen LogP contribution < -0.4 is 4.90 Å². The normalized spacial score (nSPS) is 19.0. The molecule has 0 spiro atoms. The fraction of sp³-hybridized carbons (Fsp3) is 0.286. The van der Waals surface area contributed by atoms with Crippen molar-refractivity contribution in [2.24, 2.45) is 0 Å². The number of benzene rings is 1. The van der Waals surface area contributed by atoms with Crippen LogP contribution in [0.4, 0.5) is 10.1 Å². The van der Waals surface area contributed by atoms with Crippen LogP contribution in [0.5, 0.6) is 0 Å². The smallest absolute Gasteiger partial charge is 0.336 e. The molecule has 0 saturated carbocycles. The molecule has 0 amide bonds. The van der Waals surface area contributed by atoms with Gasteiger partial charge in [-0.2, -0.15) is 0 Å². The van der Waals surface area contributed by atoms with Gasteiger partial charge in [-0.3, -0.25) is 4.98 Å². The standard InChI is InChI=1S/C14H13FN2O2/c15-9-4-6-17(8-9)10-1-2-13-12(7-10)11(14(18)19)3-5-16-13/h1-3,5,7,9H,4,6,8H2,(H,18,19)/t9-/m1/s1. The van der Waals surface area contributed by atoms with Gasteiger partial charge in [-0.05, 0) is 30.7 Å². The maximum absolute atomic E-state index is 13.2. The zero-order chi connectivity index (χ0) is 13.4. The number of fused-ring (bicyclic) bond motifs is 1. The van der Waals surface area contributed by atoms with Crippen molar-refractivity contribution in [1.82, 2.24) is 4.98 Å². The van der Waals surface area contributed by atoms with Crippen molar-refractivity contribution < 1.29 is 14.3 Å². The van der Waals surface area contributed by atoms with Crippen molar-refractivity contribution in [1.29, 1.82) is 0 Å². The van der Waals surface area contributed by atoms with Crippen LogP contribution in [0.1, 0.15) is 16.8 Å². The minimum absolute atomic E-state index is 0.225. The van der Waals surface area contributed by atoms with E-state index in [0.29, 0.717) is 30.4 Å². The van der Waals surface area contributed by atoms with Gasteiger partial charge in [0.2, 0.25) is 0 Å². The molecule has 0 radical (unpaired) electrons. The van der Waals surface area contributed by atoms with E-state index in [0.717, 1.165) is 5.69 Å². The largest absolute Gasteiger partial charge is 0.478 e. The van der Waals surface area contributed by atoms with Gasteiger partial charge < -0.3 is 10.0 Å². The molecule has 2 aromatic rings. The van der Waals surface area contributed by atoms with Crippen LogP contribution >= 0.6 is 0 Å². The molecule has 4 nitrogen and oxygen atoms in total. The minimum atomic E-state index is -0.977. The predicted octanol–water partition coefficient (Wildman–Crippen LogP) is 2.48. The van der Waals surface area contributed by atoms with Gasteiger partial charge in [0.1, 0.15) is 6.17 Å². The Balaban J connectivity index is 2.09. The summed E-state index contributed by atoms with van der Waals surface area (Å²) in [6.07, 6.45) is 1.21. The molecule has 19 heavy (non-hydrogen) atoms. The number of hydrogen-bond donors (Lipinski definition) is 1. The van der Waals surface area contributed by atoms with Crippen molar-refractivity contribution in [2.75, 3.05) is 18.0 Å². The number of carbonyl (C=O) groups is 1. The summed E-state index contributed by atoms with van der Waals surface area (Å²) in [6.45, 7) is 1.03. The third-order valence-electron chi connectivity index (χ3n) is 3.45. The minimum Gasteiger partial charge on any atom is -0.478 e. The molecular weight excluding hydrogens is 247 g/mol.